The van der Waals surface area contributed by atoms with Crippen molar-refractivity contribution < 1.29 is 0 Å². The number of para-hydroxylation sites is 5. The van der Waals surface area contributed by atoms with Gasteiger partial charge in [-0.25, -0.2) is 0 Å². The highest BCUT2D eigenvalue weighted by Gasteiger charge is 2.49. The number of rotatable bonds is 13. The number of hydrogen-bond acceptors (Lipinski definition) is 2. The number of hydrogen-bond donors (Lipinski definition) is 0. The lowest BCUT2D eigenvalue weighted by molar-refractivity contribution is 0.756. The van der Waals surface area contributed by atoms with Gasteiger partial charge in [0, 0.05) is 83.5 Å². The first-order valence-electron chi connectivity index (χ1n) is 38.0. The lowest BCUT2D eigenvalue weighted by Gasteiger charge is -2.36. The molecule has 3 aliphatic carbocycles. The molecule has 3 heterocycles. The van der Waals surface area contributed by atoms with Crippen LogP contribution in [0.1, 0.15) is 57.3 Å². The van der Waals surface area contributed by atoms with E-state index in [4.69, 9.17) is 0 Å². The van der Waals surface area contributed by atoms with Crippen molar-refractivity contribution >= 4 is 105 Å². The van der Waals surface area contributed by atoms with Crippen molar-refractivity contribution in [3.63, 3.8) is 0 Å². The highest BCUT2D eigenvalue weighted by Crippen LogP contribution is 2.60. The summed E-state index contributed by atoms with van der Waals surface area (Å²) in [5, 5.41) is 7.02. The number of benzene rings is 16. The van der Waals surface area contributed by atoms with Crippen LogP contribution in [-0.2, 0) is 10.8 Å². The van der Waals surface area contributed by atoms with Crippen LogP contribution in [0.4, 0.5) is 34.1 Å². The Balaban J connectivity index is 0.805. The second kappa shape index (κ2) is 24.8. The van der Waals surface area contributed by atoms with Gasteiger partial charge < -0.3 is 23.5 Å². The van der Waals surface area contributed by atoms with Crippen LogP contribution in [0.25, 0.3) is 99.2 Å². The molecule has 0 bridgehead atoms. The summed E-state index contributed by atoms with van der Waals surface area (Å²) in [5.74, 6) is 0. The Kier molecular flexibility index (Phi) is 14.2. The SMILES string of the molecule is C1=CC2=C(CC1)c1ccc(N(c3ccc4c(c3)c3ccccc3n4-c3ccccc3)c3ccc4c(c3)c3cc(N(c5ccc6c(c5)C(c5ccccc5)(c5ccccc5)c5ccccc5-6)c5ccc6c(c5)c5ccccc5n6-c5ccccc5)ccc3n4-c3ccccc3)cc1C2(c1ccccc1)c1ccccc1. The predicted octanol–water partition coefficient (Wildman–Crippen LogP) is 26.7. The second-order valence-electron chi connectivity index (χ2n) is 29.3. The smallest absolute Gasteiger partial charge is 0.0714 e. The van der Waals surface area contributed by atoms with E-state index in [1.165, 1.54) is 93.8 Å². The molecule has 109 heavy (non-hydrogen) atoms. The molecular weight excluding hydrogens is 1320 g/mol. The minimum Gasteiger partial charge on any atom is -0.310 e. The number of fused-ring (bicyclic) bond motifs is 14. The molecule has 512 valence electrons. The summed E-state index contributed by atoms with van der Waals surface area (Å²) in [6, 6.07) is 148. The van der Waals surface area contributed by atoms with Gasteiger partial charge in [0.15, 0.2) is 0 Å². The fraction of sp³-hybridized carbons (Fsp3) is 0.0385. The summed E-state index contributed by atoms with van der Waals surface area (Å²) in [7, 11) is 0. The minimum atomic E-state index is -0.627. The van der Waals surface area contributed by atoms with Gasteiger partial charge in [-0.15, -0.1) is 0 Å². The summed E-state index contributed by atoms with van der Waals surface area (Å²) in [6.07, 6.45) is 6.80. The van der Waals surface area contributed by atoms with E-state index in [2.05, 4.69) is 430 Å². The number of anilines is 6. The summed E-state index contributed by atoms with van der Waals surface area (Å²) >= 11 is 0. The average Bonchev–Trinajstić information content (AvgIpc) is 1.55. The van der Waals surface area contributed by atoms with Crippen molar-refractivity contribution in [2.75, 3.05) is 9.80 Å². The molecule has 5 nitrogen and oxygen atoms in total. The van der Waals surface area contributed by atoms with E-state index in [1.807, 2.05) is 0 Å². The topological polar surface area (TPSA) is 21.3 Å². The Morgan fingerprint density at radius 2 is 0.532 bits per heavy atom. The van der Waals surface area contributed by atoms with Gasteiger partial charge in [0.25, 0.3) is 0 Å². The minimum absolute atomic E-state index is 0.578. The first-order valence-corrected chi connectivity index (χ1v) is 38.0. The maximum absolute atomic E-state index is 2.54. The summed E-state index contributed by atoms with van der Waals surface area (Å²) in [5.41, 5.74) is 30.7. The van der Waals surface area contributed by atoms with E-state index >= 15 is 0 Å². The maximum atomic E-state index is 2.54. The summed E-state index contributed by atoms with van der Waals surface area (Å²) in [4.78, 5) is 5.07. The molecule has 16 aromatic carbocycles. The van der Waals surface area contributed by atoms with Crippen molar-refractivity contribution in [3.05, 3.63) is 457 Å². The van der Waals surface area contributed by atoms with Crippen LogP contribution in [0, 0.1) is 0 Å². The van der Waals surface area contributed by atoms with Gasteiger partial charge in [0.2, 0.25) is 0 Å². The molecule has 0 saturated carbocycles. The van der Waals surface area contributed by atoms with Gasteiger partial charge in [-0.05, 0) is 225 Å². The number of allylic oxidation sites excluding steroid dienone is 4. The van der Waals surface area contributed by atoms with Crippen molar-refractivity contribution in [1.82, 2.24) is 13.7 Å². The van der Waals surface area contributed by atoms with Crippen LogP contribution in [0.2, 0.25) is 0 Å². The third kappa shape index (κ3) is 9.33. The fourth-order valence-corrected chi connectivity index (χ4v) is 19.4. The van der Waals surface area contributed by atoms with Crippen LogP contribution in [0.5, 0.6) is 0 Å². The lowest BCUT2D eigenvalue weighted by Crippen LogP contribution is -2.29. The zero-order valence-corrected chi connectivity index (χ0v) is 59.8. The van der Waals surface area contributed by atoms with Crippen LogP contribution < -0.4 is 9.80 Å². The van der Waals surface area contributed by atoms with E-state index in [1.54, 1.807) is 0 Å². The lowest BCUT2D eigenvalue weighted by atomic mass is 9.66. The molecule has 3 aromatic heterocycles. The molecule has 0 spiro atoms. The Morgan fingerprint density at radius 1 is 0.229 bits per heavy atom. The summed E-state index contributed by atoms with van der Waals surface area (Å²) < 4.78 is 7.30. The second-order valence-corrected chi connectivity index (χ2v) is 29.3. The van der Waals surface area contributed by atoms with Crippen LogP contribution in [-0.4, -0.2) is 13.7 Å². The van der Waals surface area contributed by atoms with Gasteiger partial charge >= 0.3 is 0 Å². The van der Waals surface area contributed by atoms with Crippen LogP contribution >= 0.6 is 0 Å². The predicted molar refractivity (Wildman–Crippen MR) is 454 cm³/mol. The number of aromatic nitrogens is 3. The van der Waals surface area contributed by atoms with E-state index in [0.29, 0.717) is 0 Å². The van der Waals surface area contributed by atoms with Crippen molar-refractivity contribution in [2.24, 2.45) is 0 Å². The molecule has 0 atom stereocenters. The molecule has 0 unspecified atom stereocenters. The molecule has 0 fully saturated rings. The fourth-order valence-electron chi connectivity index (χ4n) is 19.4. The molecule has 19 aromatic rings. The highest BCUT2D eigenvalue weighted by atomic mass is 15.2. The Morgan fingerprint density at radius 3 is 0.954 bits per heavy atom. The third-order valence-corrected chi connectivity index (χ3v) is 23.8. The van der Waals surface area contributed by atoms with Crippen molar-refractivity contribution in [2.45, 2.75) is 23.7 Å². The van der Waals surface area contributed by atoms with Crippen molar-refractivity contribution in [1.29, 1.82) is 0 Å². The van der Waals surface area contributed by atoms with E-state index in [-0.39, 0.29) is 0 Å². The van der Waals surface area contributed by atoms with Crippen LogP contribution in [0.15, 0.2) is 412 Å². The average molecular weight is 1390 g/mol. The summed E-state index contributed by atoms with van der Waals surface area (Å²) in [6.45, 7) is 0. The maximum Gasteiger partial charge on any atom is 0.0714 e. The Labute approximate surface area is 633 Å². The van der Waals surface area contributed by atoms with Gasteiger partial charge in [-0.2, -0.15) is 0 Å². The van der Waals surface area contributed by atoms with E-state index in [0.717, 1.165) is 102 Å². The molecule has 5 heteroatoms. The molecule has 22 rings (SSSR count). The molecular formula is C104H71N5. The number of nitrogens with zero attached hydrogens (tertiary/aromatic N) is 5. The van der Waals surface area contributed by atoms with Gasteiger partial charge in [-0.3, -0.25) is 0 Å². The Bertz CT molecular complexity index is 6810. The normalized spacial score (nSPS) is 13.9. The monoisotopic (exact) mass is 1390 g/mol. The first kappa shape index (κ1) is 62.4. The van der Waals surface area contributed by atoms with E-state index < -0.39 is 10.8 Å². The molecule has 0 amide bonds. The Hall–Kier alpha value is -14.0. The molecule has 0 N–H and O–H groups in total. The van der Waals surface area contributed by atoms with Gasteiger partial charge in [-0.1, -0.05) is 261 Å². The van der Waals surface area contributed by atoms with Crippen molar-refractivity contribution in [3.8, 4) is 28.2 Å². The first-order chi connectivity index (χ1) is 54.1. The largest absolute Gasteiger partial charge is 0.310 e. The third-order valence-electron chi connectivity index (χ3n) is 23.8. The van der Waals surface area contributed by atoms with Gasteiger partial charge in [0.05, 0.1) is 43.9 Å². The molecule has 0 aliphatic heterocycles. The van der Waals surface area contributed by atoms with Crippen LogP contribution in [0.3, 0.4) is 0 Å². The molecule has 0 radical (unpaired) electrons. The zero-order valence-electron chi connectivity index (χ0n) is 59.8. The highest BCUT2D eigenvalue weighted by molar-refractivity contribution is 6.15. The molecule has 0 saturated heterocycles. The quantitative estimate of drug-likeness (QED) is 0.115. The van der Waals surface area contributed by atoms with Gasteiger partial charge in [0.1, 0.15) is 0 Å². The van der Waals surface area contributed by atoms with E-state index in [9.17, 15) is 0 Å². The standard InChI is InChI=1S/C104H71N5/c1-8-30-70(31-9-1)103(71-32-10-2-11-33-71)93-48-26-22-44-83(93)85-58-52-81(68-95(85)103)105(77-54-60-99-89(64-77)87-46-24-28-50-97(87)107(99)74-38-16-5-17-39-74)79-56-62-101-91(66-79)92-67-80(57-63-102(92)109(101)76-42-20-7-21-43-76)106(78-55-61-100-90(65-78)88-47-25-29-51-98(88)108(100)75-40-18-6-19-41-75)82-53-59-86-84-45-23-27-49-94(84)104(96(86)69-82,72-34-12-3-13-35-72)73-36-14-4-15-37-73/h1-22,24-44,46-69H,23,45H2. The zero-order chi connectivity index (χ0) is 71.7. The molecule has 3 aliphatic rings.